The molecule has 0 aromatic carbocycles. The van der Waals surface area contributed by atoms with Crippen LogP contribution in [0.5, 0.6) is 0 Å². The Morgan fingerprint density at radius 2 is 2.43 bits per heavy atom. The summed E-state index contributed by atoms with van der Waals surface area (Å²) in [5, 5.41) is 20.1. The van der Waals surface area contributed by atoms with Gasteiger partial charge in [-0.15, -0.1) is 0 Å². The highest BCUT2D eigenvalue weighted by Gasteiger charge is 2.30. The van der Waals surface area contributed by atoms with Crippen LogP contribution in [-0.4, -0.2) is 32.6 Å². The monoisotopic (exact) mass is 285 g/mol. The molecule has 108 valence electrons. The molecular formula is C14H15N5O2. The summed E-state index contributed by atoms with van der Waals surface area (Å²) in [6.07, 6.45) is 3.76. The fourth-order valence-corrected chi connectivity index (χ4v) is 2.67. The molecule has 0 fully saturated rings. The summed E-state index contributed by atoms with van der Waals surface area (Å²) in [5.74, 6) is -0.438. The lowest BCUT2D eigenvalue weighted by atomic mass is 9.94. The molecule has 1 aliphatic rings. The number of hydrogen-bond acceptors (Lipinski definition) is 5. The van der Waals surface area contributed by atoms with E-state index in [-0.39, 0.29) is 0 Å². The van der Waals surface area contributed by atoms with Crippen molar-refractivity contribution in [3.05, 3.63) is 23.1 Å². The number of aryl methyl sites for hydroxylation is 2. The molecule has 2 heterocycles. The lowest BCUT2D eigenvalue weighted by Crippen LogP contribution is -2.09. The number of nitriles is 1. The largest absolute Gasteiger partial charge is 0.461 e. The number of esters is 1. The second-order valence-corrected chi connectivity index (χ2v) is 4.79. The Morgan fingerprint density at radius 1 is 1.57 bits per heavy atom. The van der Waals surface area contributed by atoms with Crippen LogP contribution in [0.25, 0.3) is 11.3 Å². The first-order chi connectivity index (χ1) is 10.3. The molecule has 2 aromatic rings. The van der Waals surface area contributed by atoms with Gasteiger partial charge in [-0.05, 0) is 25.3 Å². The predicted octanol–water partition coefficient (Wildman–Crippen LogP) is 1.46. The van der Waals surface area contributed by atoms with E-state index in [1.54, 1.807) is 17.8 Å². The molecule has 0 saturated carbocycles. The lowest BCUT2D eigenvalue weighted by Gasteiger charge is -2.13. The SMILES string of the molecule is CCOC(=O)c1nn(CCC#N)c2c1-c1[nH]ncc1CC2. The Hall–Kier alpha value is -2.62. The van der Waals surface area contributed by atoms with Crippen molar-refractivity contribution in [2.24, 2.45) is 0 Å². The molecule has 1 aliphatic carbocycles. The third-order valence-electron chi connectivity index (χ3n) is 3.56. The number of nitrogens with zero attached hydrogens (tertiary/aromatic N) is 4. The molecular weight excluding hydrogens is 270 g/mol. The van der Waals surface area contributed by atoms with Crippen molar-refractivity contribution in [1.82, 2.24) is 20.0 Å². The van der Waals surface area contributed by atoms with Crippen molar-refractivity contribution in [1.29, 1.82) is 5.26 Å². The number of hydrogen-bond donors (Lipinski definition) is 1. The third-order valence-corrected chi connectivity index (χ3v) is 3.56. The highest BCUT2D eigenvalue weighted by atomic mass is 16.5. The first-order valence-electron chi connectivity index (χ1n) is 6.92. The van der Waals surface area contributed by atoms with Crippen LogP contribution < -0.4 is 0 Å². The summed E-state index contributed by atoms with van der Waals surface area (Å²) in [7, 11) is 0. The second kappa shape index (κ2) is 5.40. The van der Waals surface area contributed by atoms with Gasteiger partial charge < -0.3 is 4.74 Å². The third kappa shape index (κ3) is 2.18. The number of nitrogens with one attached hydrogen (secondary N) is 1. The summed E-state index contributed by atoms with van der Waals surface area (Å²) in [6.45, 7) is 2.54. The van der Waals surface area contributed by atoms with Gasteiger partial charge in [-0.25, -0.2) is 4.79 Å². The van der Waals surface area contributed by atoms with Crippen LogP contribution in [-0.2, 0) is 24.1 Å². The number of ether oxygens (including phenoxy) is 1. The van der Waals surface area contributed by atoms with Crippen molar-refractivity contribution in [2.75, 3.05) is 6.61 Å². The van der Waals surface area contributed by atoms with Crippen molar-refractivity contribution in [2.45, 2.75) is 32.7 Å². The topological polar surface area (TPSA) is 96.6 Å². The maximum absolute atomic E-state index is 12.1. The van der Waals surface area contributed by atoms with Gasteiger partial charge in [0.05, 0.1) is 43.1 Å². The zero-order valence-corrected chi connectivity index (χ0v) is 11.7. The number of rotatable bonds is 4. The fourth-order valence-electron chi connectivity index (χ4n) is 2.67. The van der Waals surface area contributed by atoms with Gasteiger partial charge in [0.25, 0.3) is 0 Å². The number of carbonyl (C=O) groups excluding carboxylic acids is 1. The molecule has 0 amide bonds. The molecule has 0 radical (unpaired) electrons. The van der Waals surface area contributed by atoms with Gasteiger partial charge in [0, 0.05) is 5.69 Å². The van der Waals surface area contributed by atoms with Gasteiger partial charge in [-0.2, -0.15) is 15.5 Å². The molecule has 2 aromatic heterocycles. The number of aromatic amines is 1. The second-order valence-electron chi connectivity index (χ2n) is 4.79. The minimum atomic E-state index is -0.438. The van der Waals surface area contributed by atoms with E-state index in [4.69, 9.17) is 10.00 Å². The van der Waals surface area contributed by atoms with E-state index in [1.807, 2.05) is 0 Å². The maximum atomic E-state index is 12.1. The Labute approximate surface area is 121 Å². The van der Waals surface area contributed by atoms with Gasteiger partial charge >= 0.3 is 5.97 Å². The zero-order chi connectivity index (χ0) is 14.8. The Bertz CT molecular complexity index is 722. The number of fused-ring (bicyclic) bond motifs is 3. The minimum absolute atomic E-state index is 0.300. The van der Waals surface area contributed by atoms with Crippen LogP contribution in [0.1, 0.15) is 35.1 Å². The zero-order valence-electron chi connectivity index (χ0n) is 11.7. The molecule has 0 aliphatic heterocycles. The molecule has 21 heavy (non-hydrogen) atoms. The van der Waals surface area contributed by atoms with Crippen LogP contribution in [0.15, 0.2) is 6.20 Å². The Balaban J connectivity index is 2.11. The molecule has 0 atom stereocenters. The van der Waals surface area contributed by atoms with Crippen LogP contribution in [0.2, 0.25) is 0 Å². The van der Waals surface area contributed by atoms with E-state index >= 15 is 0 Å². The summed E-state index contributed by atoms with van der Waals surface area (Å²) >= 11 is 0. The molecule has 3 rings (SSSR count). The van der Waals surface area contributed by atoms with Crippen LogP contribution in [0.3, 0.4) is 0 Å². The molecule has 0 bridgehead atoms. The lowest BCUT2D eigenvalue weighted by molar-refractivity contribution is 0.0519. The minimum Gasteiger partial charge on any atom is -0.461 e. The van der Waals surface area contributed by atoms with E-state index in [0.717, 1.165) is 35.4 Å². The average molecular weight is 285 g/mol. The molecule has 0 saturated heterocycles. The molecule has 1 N–H and O–H groups in total. The summed E-state index contributed by atoms with van der Waals surface area (Å²) in [5.41, 5.74) is 3.94. The Kier molecular flexibility index (Phi) is 3.44. The van der Waals surface area contributed by atoms with Gasteiger partial charge in [0.15, 0.2) is 5.69 Å². The van der Waals surface area contributed by atoms with E-state index in [0.29, 0.717) is 25.3 Å². The van der Waals surface area contributed by atoms with Crippen LogP contribution in [0.4, 0.5) is 0 Å². The van der Waals surface area contributed by atoms with Crippen molar-refractivity contribution in [3.63, 3.8) is 0 Å². The maximum Gasteiger partial charge on any atom is 0.359 e. The van der Waals surface area contributed by atoms with E-state index in [1.165, 1.54) is 0 Å². The normalized spacial score (nSPS) is 12.4. The standard InChI is InChI=1S/C14H15N5O2/c1-2-21-14(20)13-11-10(19(18-13)7-3-6-15)5-4-9-8-16-17-12(9)11/h8H,2-5,7H2,1H3,(H,16,17). The number of carbonyl (C=O) groups is 1. The van der Waals surface area contributed by atoms with E-state index < -0.39 is 5.97 Å². The van der Waals surface area contributed by atoms with Crippen molar-refractivity contribution in [3.8, 4) is 17.3 Å². The first kappa shape index (κ1) is 13.4. The summed E-state index contributed by atoms with van der Waals surface area (Å²) in [6, 6.07) is 2.10. The first-order valence-corrected chi connectivity index (χ1v) is 6.92. The van der Waals surface area contributed by atoms with Crippen LogP contribution >= 0.6 is 0 Å². The number of aromatic nitrogens is 4. The fraction of sp³-hybridized carbons (Fsp3) is 0.429. The highest BCUT2D eigenvalue weighted by Crippen LogP contribution is 2.34. The molecule has 0 unspecified atom stereocenters. The smallest absolute Gasteiger partial charge is 0.359 e. The average Bonchev–Trinajstić information content (AvgIpc) is 3.09. The van der Waals surface area contributed by atoms with E-state index in [9.17, 15) is 4.79 Å². The quantitative estimate of drug-likeness (QED) is 0.858. The number of H-pyrrole nitrogens is 1. The molecule has 0 spiro atoms. The van der Waals surface area contributed by atoms with Crippen molar-refractivity contribution < 1.29 is 9.53 Å². The summed E-state index contributed by atoms with van der Waals surface area (Å²) in [4.78, 5) is 12.1. The summed E-state index contributed by atoms with van der Waals surface area (Å²) < 4.78 is 6.83. The molecule has 7 nitrogen and oxygen atoms in total. The highest BCUT2D eigenvalue weighted by molar-refractivity contribution is 5.96. The van der Waals surface area contributed by atoms with Gasteiger partial charge in [-0.3, -0.25) is 9.78 Å². The Morgan fingerprint density at radius 3 is 3.19 bits per heavy atom. The van der Waals surface area contributed by atoms with E-state index in [2.05, 4.69) is 21.4 Å². The molecule has 7 heteroatoms. The van der Waals surface area contributed by atoms with Gasteiger partial charge in [-0.1, -0.05) is 0 Å². The predicted molar refractivity (Wildman–Crippen MR) is 73.4 cm³/mol. The van der Waals surface area contributed by atoms with Gasteiger partial charge in [0.1, 0.15) is 0 Å². The van der Waals surface area contributed by atoms with Crippen molar-refractivity contribution >= 4 is 5.97 Å². The van der Waals surface area contributed by atoms with Gasteiger partial charge in [0.2, 0.25) is 0 Å². The van der Waals surface area contributed by atoms with Crippen LogP contribution in [0, 0.1) is 11.3 Å².